The Kier molecular flexibility index (Phi) is 4.17. The van der Waals surface area contributed by atoms with Gasteiger partial charge in [-0.3, -0.25) is 15.8 Å². The highest BCUT2D eigenvalue weighted by Crippen LogP contribution is 2.29. The summed E-state index contributed by atoms with van der Waals surface area (Å²) in [6.07, 6.45) is 3.22. The van der Waals surface area contributed by atoms with Gasteiger partial charge < -0.3 is 11.1 Å². The molecule has 0 saturated carbocycles. The zero-order valence-electron chi connectivity index (χ0n) is 13.8. The quantitative estimate of drug-likeness (QED) is 0.409. The van der Waals surface area contributed by atoms with Crippen molar-refractivity contribution in [2.75, 3.05) is 21.9 Å². The number of nitrogens with two attached hydrogens (primary N) is 1. The number of para-hydroxylation sites is 1. The summed E-state index contributed by atoms with van der Waals surface area (Å²) < 4.78 is 0. The van der Waals surface area contributed by atoms with Gasteiger partial charge in [0.15, 0.2) is 11.6 Å². The second-order valence-electron chi connectivity index (χ2n) is 5.60. The highest BCUT2D eigenvalue weighted by molar-refractivity contribution is 5.94. The van der Waals surface area contributed by atoms with Crippen molar-refractivity contribution in [2.45, 2.75) is 0 Å². The molecule has 0 radical (unpaired) electrons. The number of fused-ring (bicyclic) bond motifs is 1. The van der Waals surface area contributed by atoms with Crippen LogP contribution in [0.1, 0.15) is 0 Å². The van der Waals surface area contributed by atoms with Crippen LogP contribution in [-0.2, 0) is 0 Å². The Hall–Kier alpha value is -3.87. The van der Waals surface area contributed by atoms with Crippen LogP contribution in [0.15, 0.2) is 73.2 Å². The van der Waals surface area contributed by atoms with Gasteiger partial charge in [-0.25, -0.2) is 9.97 Å². The Morgan fingerprint density at radius 3 is 2.46 bits per heavy atom. The molecular weight excluding hydrogens is 326 g/mol. The topological polar surface area (TPSA) is 101 Å². The molecule has 0 aliphatic heterocycles. The number of hydrogen-bond donors (Lipinski definition) is 4. The van der Waals surface area contributed by atoms with E-state index in [4.69, 9.17) is 5.73 Å². The predicted molar refractivity (Wildman–Crippen MR) is 105 cm³/mol. The molecule has 0 spiro atoms. The third kappa shape index (κ3) is 3.18. The Labute approximate surface area is 150 Å². The maximum Gasteiger partial charge on any atom is 0.173 e. The molecule has 5 N–H and O–H groups in total. The first-order valence-corrected chi connectivity index (χ1v) is 8.09. The summed E-state index contributed by atoms with van der Waals surface area (Å²) in [6.45, 7) is 0. The molecule has 0 fully saturated rings. The monoisotopic (exact) mass is 343 g/mol. The molecule has 0 amide bonds. The van der Waals surface area contributed by atoms with Crippen molar-refractivity contribution >= 4 is 39.6 Å². The van der Waals surface area contributed by atoms with Gasteiger partial charge in [-0.15, -0.1) is 0 Å². The molecule has 2 heterocycles. The Morgan fingerprint density at radius 2 is 1.58 bits per heavy atom. The van der Waals surface area contributed by atoms with Gasteiger partial charge in [-0.2, -0.15) is 0 Å². The molecule has 2 aromatic carbocycles. The van der Waals surface area contributed by atoms with Crippen LogP contribution in [0, 0.1) is 0 Å². The maximum atomic E-state index is 6.23. The molecule has 4 rings (SSSR count). The fourth-order valence-electron chi connectivity index (χ4n) is 2.59. The molecule has 0 saturated heterocycles. The second kappa shape index (κ2) is 6.94. The van der Waals surface area contributed by atoms with Gasteiger partial charge in [0.1, 0.15) is 12.0 Å². The molecule has 0 aliphatic rings. The van der Waals surface area contributed by atoms with E-state index in [0.717, 1.165) is 22.3 Å². The highest BCUT2D eigenvalue weighted by atomic mass is 15.4. The Morgan fingerprint density at radius 1 is 0.731 bits per heavy atom. The molecule has 4 aromatic rings. The van der Waals surface area contributed by atoms with Crippen molar-refractivity contribution in [1.82, 2.24) is 15.0 Å². The molecule has 0 bridgehead atoms. The number of nitrogen functional groups attached to an aromatic ring is 1. The lowest BCUT2D eigenvalue weighted by Crippen LogP contribution is -2.13. The summed E-state index contributed by atoms with van der Waals surface area (Å²) in [5.41, 5.74) is 15.4. The maximum absolute atomic E-state index is 6.23. The van der Waals surface area contributed by atoms with Crippen LogP contribution in [0.3, 0.4) is 0 Å². The number of nitrogens with one attached hydrogen (secondary N) is 3. The largest absolute Gasteiger partial charge is 0.393 e. The number of hydrogen-bond acceptors (Lipinski definition) is 7. The number of hydrazine groups is 1. The van der Waals surface area contributed by atoms with Gasteiger partial charge in [-0.1, -0.05) is 24.3 Å². The summed E-state index contributed by atoms with van der Waals surface area (Å²) in [5, 5.41) is 4.26. The normalized spacial score (nSPS) is 10.5. The SMILES string of the molecule is Nc1c(NNc2ccccc2)ncnc1Nc1cccc2ncccc12. The molecule has 0 unspecified atom stereocenters. The van der Waals surface area contributed by atoms with Crippen LogP contribution in [0.25, 0.3) is 10.9 Å². The highest BCUT2D eigenvalue weighted by Gasteiger charge is 2.10. The first-order valence-electron chi connectivity index (χ1n) is 8.09. The average molecular weight is 343 g/mol. The summed E-state index contributed by atoms with van der Waals surface area (Å²) in [7, 11) is 0. The average Bonchev–Trinajstić information content (AvgIpc) is 2.70. The van der Waals surface area contributed by atoms with Gasteiger partial charge >= 0.3 is 0 Å². The predicted octanol–water partition coefficient (Wildman–Crippen LogP) is 3.79. The zero-order valence-corrected chi connectivity index (χ0v) is 13.8. The fourth-order valence-corrected chi connectivity index (χ4v) is 2.59. The lowest BCUT2D eigenvalue weighted by molar-refractivity contribution is 1.16. The first kappa shape index (κ1) is 15.6. The van der Waals surface area contributed by atoms with Crippen LogP contribution >= 0.6 is 0 Å². The van der Waals surface area contributed by atoms with E-state index in [-0.39, 0.29) is 0 Å². The molecule has 128 valence electrons. The number of benzene rings is 2. The number of aromatic nitrogens is 3. The van der Waals surface area contributed by atoms with Crippen molar-refractivity contribution < 1.29 is 0 Å². The van der Waals surface area contributed by atoms with E-state index in [1.807, 2.05) is 60.7 Å². The lowest BCUT2D eigenvalue weighted by Gasteiger charge is -2.14. The van der Waals surface area contributed by atoms with Gasteiger partial charge in [0.25, 0.3) is 0 Å². The van der Waals surface area contributed by atoms with Crippen LogP contribution in [-0.4, -0.2) is 15.0 Å². The van der Waals surface area contributed by atoms with Crippen LogP contribution in [0.4, 0.5) is 28.7 Å². The standard InChI is InChI=1S/C19H17N7/c20-17-18(24-16-10-4-9-15-14(16)8-5-11-21-15)22-12-23-19(17)26-25-13-6-2-1-3-7-13/h1-12,25H,20H2,(H2,22,23,24,26). The molecule has 26 heavy (non-hydrogen) atoms. The lowest BCUT2D eigenvalue weighted by atomic mass is 10.2. The smallest absolute Gasteiger partial charge is 0.173 e. The molecule has 0 aliphatic carbocycles. The fraction of sp³-hybridized carbons (Fsp3) is 0. The summed E-state index contributed by atoms with van der Waals surface area (Å²) in [6, 6.07) is 19.5. The summed E-state index contributed by atoms with van der Waals surface area (Å²) in [5.74, 6) is 1.01. The molecule has 7 heteroatoms. The van der Waals surface area contributed by atoms with Crippen molar-refractivity contribution in [3.05, 3.63) is 73.2 Å². The van der Waals surface area contributed by atoms with Crippen molar-refractivity contribution in [2.24, 2.45) is 0 Å². The van der Waals surface area contributed by atoms with Crippen molar-refractivity contribution in [1.29, 1.82) is 0 Å². The molecule has 7 nitrogen and oxygen atoms in total. The molecule has 0 atom stereocenters. The summed E-state index contributed by atoms with van der Waals surface area (Å²) >= 11 is 0. The van der Waals surface area contributed by atoms with Crippen LogP contribution in [0.2, 0.25) is 0 Å². The van der Waals surface area contributed by atoms with E-state index in [1.165, 1.54) is 6.33 Å². The van der Waals surface area contributed by atoms with Gasteiger partial charge in [0.05, 0.1) is 11.2 Å². The van der Waals surface area contributed by atoms with Crippen LogP contribution in [0.5, 0.6) is 0 Å². The second-order valence-corrected chi connectivity index (χ2v) is 5.60. The molecule has 2 aromatic heterocycles. The number of rotatable bonds is 5. The minimum Gasteiger partial charge on any atom is -0.393 e. The van der Waals surface area contributed by atoms with E-state index in [1.54, 1.807) is 6.20 Å². The van der Waals surface area contributed by atoms with Gasteiger partial charge in [0.2, 0.25) is 0 Å². The van der Waals surface area contributed by atoms with Gasteiger partial charge in [0, 0.05) is 17.3 Å². The van der Waals surface area contributed by atoms with E-state index < -0.39 is 0 Å². The number of anilines is 5. The Balaban J connectivity index is 1.59. The van der Waals surface area contributed by atoms with E-state index in [9.17, 15) is 0 Å². The minimum atomic E-state index is 0.414. The summed E-state index contributed by atoms with van der Waals surface area (Å²) in [4.78, 5) is 12.8. The number of pyridine rings is 1. The zero-order chi connectivity index (χ0) is 17.8. The number of nitrogens with zero attached hydrogens (tertiary/aromatic N) is 3. The van der Waals surface area contributed by atoms with E-state index in [0.29, 0.717) is 17.3 Å². The van der Waals surface area contributed by atoms with E-state index in [2.05, 4.69) is 31.1 Å². The van der Waals surface area contributed by atoms with E-state index >= 15 is 0 Å². The molecular formula is C19H17N7. The third-order valence-corrected chi connectivity index (χ3v) is 3.88. The minimum absolute atomic E-state index is 0.414. The van der Waals surface area contributed by atoms with Crippen molar-refractivity contribution in [3.63, 3.8) is 0 Å². The first-order chi connectivity index (χ1) is 12.8. The van der Waals surface area contributed by atoms with Crippen LogP contribution < -0.4 is 21.9 Å². The Bertz CT molecular complexity index is 1030. The van der Waals surface area contributed by atoms with Crippen molar-refractivity contribution in [3.8, 4) is 0 Å². The van der Waals surface area contributed by atoms with Gasteiger partial charge in [-0.05, 0) is 36.4 Å². The third-order valence-electron chi connectivity index (χ3n) is 3.88.